The van der Waals surface area contributed by atoms with Gasteiger partial charge in [0.25, 0.3) is 0 Å². The molecule has 0 aliphatic heterocycles. The summed E-state index contributed by atoms with van der Waals surface area (Å²) in [5.41, 5.74) is -1.17. The molecule has 0 spiro atoms. The average Bonchev–Trinajstić information content (AvgIpc) is 2.25. The molecule has 0 aromatic heterocycles. The van der Waals surface area contributed by atoms with Gasteiger partial charge in [0.15, 0.2) is 0 Å². The van der Waals surface area contributed by atoms with Crippen LogP contribution in [0.1, 0.15) is 11.1 Å². The van der Waals surface area contributed by atoms with Crippen LogP contribution in [0.4, 0.5) is 22.0 Å². The molecule has 0 fully saturated rings. The third-order valence-electron chi connectivity index (χ3n) is 1.94. The van der Waals surface area contributed by atoms with Crippen LogP contribution in [0, 0.1) is 0 Å². The Kier molecular flexibility index (Phi) is 3.69. The highest BCUT2D eigenvalue weighted by Gasteiger charge is 2.58. The second kappa shape index (κ2) is 4.68. The summed E-state index contributed by atoms with van der Waals surface area (Å²) in [6.45, 7) is 0.633. The molecule has 2 nitrogen and oxygen atoms in total. The maximum atomic E-state index is 12.9. The standard InChI is InChI=1S/C10H6F5O2/c11-9(12,10(13,14)15)8-3-1-2-7(4-8)5-17-6-16/h1-4H,5H2. The molecule has 7 heteroatoms. The van der Waals surface area contributed by atoms with Crippen LogP contribution < -0.4 is 0 Å². The Labute approximate surface area is 93.0 Å². The molecule has 0 aliphatic rings. The van der Waals surface area contributed by atoms with Gasteiger partial charge in [-0.05, 0) is 11.6 Å². The van der Waals surface area contributed by atoms with Crippen molar-refractivity contribution in [1.82, 2.24) is 0 Å². The van der Waals surface area contributed by atoms with Gasteiger partial charge in [0.2, 0.25) is 0 Å². The lowest BCUT2D eigenvalue weighted by Crippen LogP contribution is -2.33. The number of hydrogen-bond donors (Lipinski definition) is 0. The minimum Gasteiger partial charge on any atom is -0.452 e. The molecule has 0 saturated carbocycles. The molecular weight excluding hydrogens is 247 g/mol. The van der Waals surface area contributed by atoms with Gasteiger partial charge >= 0.3 is 18.6 Å². The Balaban J connectivity index is 3.02. The molecule has 17 heavy (non-hydrogen) atoms. The van der Waals surface area contributed by atoms with E-state index in [0.717, 1.165) is 12.5 Å². The minimum atomic E-state index is -5.66. The van der Waals surface area contributed by atoms with E-state index in [0.29, 0.717) is 12.1 Å². The third kappa shape index (κ3) is 2.92. The molecule has 0 bridgehead atoms. The van der Waals surface area contributed by atoms with Crippen LogP contribution >= 0.6 is 0 Å². The number of hydrogen-bond acceptors (Lipinski definition) is 2. The zero-order valence-corrected chi connectivity index (χ0v) is 8.22. The largest absolute Gasteiger partial charge is 0.458 e. The fraction of sp³-hybridized carbons (Fsp3) is 0.300. The Morgan fingerprint density at radius 3 is 2.35 bits per heavy atom. The van der Waals surface area contributed by atoms with Crippen LogP contribution in [-0.4, -0.2) is 12.6 Å². The second-order valence-electron chi connectivity index (χ2n) is 3.14. The Morgan fingerprint density at radius 1 is 1.18 bits per heavy atom. The quantitative estimate of drug-likeness (QED) is 0.771. The van der Waals surface area contributed by atoms with Gasteiger partial charge < -0.3 is 4.74 Å². The summed E-state index contributed by atoms with van der Waals surface area (Å²) >= 11 is 0. The molecule has 0 unspecified atom stereocenters. The molecule has 1 radical (unpaired) electrons. The van der Waals surface area contributed by atoms with Crippen molar-refractivity contribution in [2.75, 3.05) is 0 Å². The first-order valence-corrected chi connectivity index (χ1v) is 4.32. The van der Waals surface area contributed by atoms with Gasteiger partial charge in [-0.25, -0.2) is 4.79 Å². The molecule has 1 rings (SSSR count). The molecule has 0 N–H and O–H groups in total. The molecule has 93 valence electrons. The smallest absolute Gasteiger partial charge is 0.452 e. The normalized spacial score (nSPS) is 12.3. The molecule has 0 saturated heterocycles. The van der Waals surface area contributed by atoms with E-state index >= 15 is 0 Å². The summed E-state index contributed by atoms with van der Waals surface area (Å²) in [5.74, 6) is -4.94. The predicted octanol–water partition coefficient (Wildman–Crippen LogP) is 2.92. The fourth-order valence-corrected chi connectivity index (χ4v) is 1.13. The number of carbonyl (C=O) groups excluding carboxylic acids is 1. The maximum Gasteiger partial charge on any atom is 0.458 e. The van der Waals surface area contributed by atoms with Crippen molar-refractivity contribution >= 4 is 6.47 Å². The topological polar surface area (TPSA) is 26.3 Å². The summed E-state index contributed by atoms with van der Waals surface area (Å²) in [6, 6.07) is 3.57. The van der Waals surface area contributed by atoms with Crippen molar-refractivity contribution in [3.05, 3.63) is 35.4 Å². The number of rotatable bonds is 4. The third-order valence-corrected chi connectivity index (χ3v) is 1.94. The summed E-state index contributed by atoms with van der Waals surface area (Å²) < 4.78 is 66.2. The van der Waals surface area contributed by atoms with E-state index in [1.165, 1.54) is 6.07 Å². The van der Waals surface area contributed by atoms with E-state index in [1.807, 2.05) is 0 Å². The molecule has 1 aromatic rings. The summed E-state index contributed by atoms with van der Waals surface area (Å²) in [5, 5.41) is 0. The number of benzene rings is 1. The molecule has 0 amide bonds. The number of halogens is 5. The first-order valence-electron chi connectivity index (χ1n) is 4.32. The summed E-state index contributed by atoms with van der Waals surface area (Å²) in [6.07, 6.45) is -5.66. The SMILES string of the molecule is O=[C]OCc1cccc(C(F)(F)C(F)(F)F)c1. The Morgan fingerprint density at radius 2 is 1.82 bits per heavy atom. The van der Waals surface area contributed by atoms with E-state index in [2.05, 4.69) is 4.74 Å². The van der Waals surface area contributed by atoms with Crippen LogP contribution in [0.3, 0.4) is 0 Å². The maximum absolute atomic E-state index is 12.9. The van der Waals surface area contributed by atoms with Gasteiger partial charge in [-0.1, -0.05) is 18.2 Å². The Hall–Kier alpha value is -1.66. The van der Waals surface area contributed by atoms with Crippen molar-refractivity contribution < 1.29 is 31.5 Å². The molecule has 0 atom stereocenters. The first-order chi connectivity index (χ1) is 7.79. The lowest BCUT2D eigenvalue weighted by molar-refractivity contribution is -0.289. The van der Waals surface area contributed by atoms with Gasteiger partial charge in [-0.15, -0.1) is 0 Å². The van der Waals surface area contributed by atoms with Crippen LogP contribution in [0.5, 0.6) is 0 Å². The van der Waals surface area contributed by atoms with Crippen LogP contribution in [0.15, 0.2) is 24.3 Å². The second-order valence-corrected chi connectivity index (χ2v) is 3.14. The highest BCUT2D eigenvalue weighted by atomic mass is 19.4. The summed E-state index contributed by atoms with van der Waals surface area (Å²) in [7, 11) is 0. The zero-order chi connectivity index (χ0) is 13.1. The number of alkyl halides is 5. The van der Waals surface area contributed by atoms with Crippen molar-refractivity contribution in [2.24, 2.45) is 0 Å². The van der Waals surface area contributed by atoms with Crippen LogP contribution in [0.25, 0.3) is 0 Å². The van der Waals surface area contributed by atoms with Crippen molar-refractivity contribution in [3.8, 4) is 0 Å². The fourth-order valence-electron chi connectivity index (χ4n) is 1.13. The van der Waals surface area contributed by atoms with Gasteiger partial charge in [-0.3, -0.25) is 0 Å². The van der Waals surface area contributed by atoms with E-state index < -0.39 is 24.3 Å². The van der Waals surface area contributed by atoms with E-state index in [-0.39, 0.29) is 5.56 Å². The Bertz CT molecular complexity index is 400. The van der Waals surface area contributed by atoms with Crippen molar-refractivity contribution in [2.45, 2.75) is 18.7 Å². The molecule has 0 aliphatic carbocycles. The lowest BCUT2D eigenvalue weighted by atomic mass is 10.1. The minimum absolute atomic E-state index is 0.0229. The van der Waals surface area contributed by atoms with Crippen molar-refractivity contribution in [1.29, 1.82) is 0 Å². The van der Waals surface area contributed by atoms with Gasteiger partial charge in [-0.2, -0.15) is 22.0 Å². The van der Waals surface area contributed by atoms with Crippen LogP contribution in [-0.2, 0) is 22.1 Å². The number of ether oxygens (including phenoxy) is 1. The van der Waals surface area contributed by atoms with E-state index in [9.17, 15) is 26.7 Å². The highest BCUT2D eigenvalue weighted by Crippen LogP contribution is 2.43. The van der Waals surface area contributed by atoms with Gasteiger partial charge in [0.05, 0.1) is 0 Å². The van der Waals surface area contributed by atoms with Gasteiger partial charge in [0.1, 0.15) is 6.61 Å². The molecular formula is C10H6F5O2. The average molecular weight is 253 g/mol. The molecule has 1 aromatic carbocycles. The van der Waals surface area contributed by atoms with E-state index in [4.69, 9.17) is 0 Å². The lowest BCUT2D eigenvalue weighted by Gasteiger charge is -2.20. The monoisotopic (exact) mass is 253 g/mol. The van der Waals surface area contributed by atoms with Crippen molar-refractivity contribution in [3.63, 3.8) is 0 Å². The molecule has 0 heterocycles. The predicted molar refractivity (Wildman–Crippen MR) is 46.9 cm³/mol. The van der Waals surface area contributed by atoms with Crippen LogP contribution in [0.2, 0.25) is 0 Å². The van der Waals surface area contributed by atoms with E-state index in [1.54, 1.807) is 0 Å². The zero-order valence-electron chi connectivity index (χ0n) is 8.22. The summed E-state index contributed by atoms with van der Waals surface area (Å²) in [4.78, 5) is 9.74. The highest BCUT2D eigenvalue weighted by molar-refractivity contribution is 5.39. The van der Waals surface area contributed by atoms with Gasteiger partial charge in [0, 0.05) is 5.56 Å². The first kappa shape index (κ1) is 13.4.